The van der Waals surface area contributed by atoms with Crippen molar-refractivity contribution in [2.75, 3.05) is 20.3 Å². The van der Waals surface area contributed by atoms with Gasteiger partial charge in [-0.15, -0.1) is 0 Å². The molecule has 0 heterocycles. The number of methoxy groups -OCH3 is 1. The van der Waals surface area contributed by atoms with Crippen LogP contribution in [0.4, 0.5) is 4.39 Å². The summed E-state index contributed by atoms with van der Waals surface area (Å²) in [5, 5.41) is 2.69. The van der Waals surface area contributed by atoms with Gasteiger partial charge in [0.1, 0.15) is 11.6 Å². The Morgan fingerprint density at radius 2 is 2.15 bits per heavy atom. The van der Waals surface area contributed by atoms with Crippen molar-refractivity contribution >= 4 is 5.91 Å². The van der Waals surface area contributed by atoms with E-state index in [1.807, 2.05) is 6.92 Å². The van der Waals surface area contributed by atoms with Gasteiger partial charge in [0, 0.05) is 30.8 Å². The van der Waals surface area contributed by atoms with E-state index in [2.05, 4.69) is 5.32 Å². The molecular formula is C14H21FN2O3. The minimum atomic E-state index is -0.439. The first-order valence-electron chi connectivity index (χ1n) is 6.40. The van der Waals surface area contributed by atoms with Crippen molar-refractivity contribution in [2.24, 2.45) is 5.73 Å². The van der Waals surface area contributed by atoms with Crippen LogP contribution in [0.5, 0.6) is 5.75 Å². The van der Waals surface area contributed by atoms with E-state index in [0.717, 1.165) is 0 Å². The molecule has 0 saturated heterocycles. The number of amides is 1. The van der Waals surface area contributed by atoms with E-state index >= 15 is 0 Å². The molecule has 6 heteroatoms. The lowest BCUT2D eigenvalue weighted by Crippen LogP contribution is -2.38. The monoisotopic (exact) mass is 284 g/mol. The highest BCUT2D eigenvalue weighted by Crippen LogP contribution is 2.20. The van der Waals surface area contributed by atoms with E-state index in [0.29, 0.717) is 17.9 Å². The molecule has 0 radical (unpaired) electrons. The van der Waals surface area contributed by atoms with Gasteiger partial charge in [-0.2, -0.15) is 0 Å². The highest BCUT2D eigenvalue weighted by Gasteiger charge is 2.10. The summed E-state index contributed by atoms with van der Waals surface area (Å²) < 4.78 is 23.8. The van der Waals surface area contributed by atoms with Crippen molar-refractivity contribution in [3.05, 3.63) is 29.6 Å². The zero-order chi connectivity index (χ0) is 15.1. The number of nitrogens with two attached hydrogens (primary N) is 1. The van der Waals surface area contributed by atoms with Gasteiger partial charge in [-0.25, -0.2) is 4.39 Å². The van der Waals surface area contributed by atoms with Crippen molar-refractivity contribution in [3.8, 4) is 5.75 Å². The van der Waals surface area contributed by atoms with Crippen molar-refractivity contribution < 1.29 is 18.7 Å². The zero-order valence-corrected chi connectivity index (χ0v) is 12.0. The van der Waals surface area contributed by atoms with E-state index in [-0.39, 0.29) is 24.6 Å². The third kappa shape index (κ3) is 5.14. The maximum atomic E-state index is 13.7. The van der Waals surface area contributed by atoms with E-state index < -0.39 is 5.82 Å². The summed E-state index contributed by atoms with van der Waals surface area (Å²) in [5.41, 5.74) is 6.03. The number of nitrogens with one attached hydrogen (secondary N) is 1. The minimum Gasteiger partial charge on any atom is -0.484 e. The van der Waals surface area contributed by atoms with Crippen LogP contribution in [0.1, 0.15) is 25.5 Å². The Morgan fingerprint density at radius 1 is 1.45 bits per heavy atom. The molecule has 0 saturated carbocycles. The second-order valence-corrected chi connectivity index (χ2v) is 4.68. The number of ether oxygens (including phenoxy) is 2. The summed E-state index contributed by atoms with van der Waals surface area (Å²) in [4.78, 5) is 11.6. The largest absolute Gasteiger partial charge is 0.484 e. The molecule has 0 aliphatic heterocycles. The van der Waals surface area contributed by atoms with Crippen molar-refractivity contribution in [2.45, 2.75) is 25.9 Å². The lowest BCUT2D eigenvalue weighted by molar-refractivity contribution is -0.124. The molecule has 112 valence electrons. The number of hydrogen-bond acceptors (Lipinski definition) is 4. The maximum absolute atomic E-state index is 13.7. The van der Waals surface area contributed by atoms with Crippen LogP contribution in [0.2, 0.25) is 0 Å². The van der Waals surface area contributed by atoms with E-state index in [1.165, 1.54) is 6.07 Å². The summed E-state index contributed by atoms with van der Waals surface area (Å²) in [6, 6.07) is 3.88. The number of benzene rings is 1. The van der Waals surface area contributed by atoms with Crippen LogP contribution in [0, 0.1) is 5.82 Å². The molecule has 0 fully saturated rings. The molecular weight excluding hydrogens is 263 g/mol. The molecule has 0 spiro atoms. The Kier molecular flexibility index (Phi) is 6.41. The summed E-state index contributed by atoms with van der Waals surface area (Å²) in [5.74, 6) is -0.432. The molecule has 1 amide bonds. The molecule has 5 nitrogen and oxygen atoms in total. The highest BCUT2D eigenvalue weighted by molar-refractivity contribution is 5.77. The fourth-order valence-electron chi connectivity index (χ4n) is 1.72. The van der Waals surface area contributed by atoms with E-state index in [9.17, 15) is 9.18 Å². The number of rotatable bonds is 7. The first-order valence-corrected chi connectivity index (χ1v) is 6.40. The second kappa shape index (κ2) is 7.81. The quantitative estimate of drug-likeness (QED) is 0.793. The lowest BCUT2D eigenvalue weighted by atomic mass is 10.1. The molecule has 0 aliphatic carbocycles. The summed E-state index contributed by atoms with van der Waals surface area (Å²) in [6.07, 6.45) is 0. The molecule has 1 rings (SSSR count). The summed E-state index contributed by atoms with van der Waals surface area (Å²) in [7, 11) is 1.56. The van der Waals surface area contributed by atoms with Crippen LogP contribution in [0.15, 0.2) is 18.2 Å². The maximum Gasteiger partial charge on any atom is 0.258 e. The molecule has 2 atom stereocenters. The Bertz CT molecular complexity index is 452. The molecule has 20 heavy (non-hydrogen) atoms. The fourth-order valence-corrected chi connectivity index (χ4v) is 1.72. The van der Waals surface area contributed by atoms with Crippen LogP contribution in [-0.4, -0.2) is 32.3 Å². The van der Waals surface area contributed by atoms with Gasteiger partial charge < -0.3 is 20.5 Å². The number of carbonyl (C=O) groups is 1. The van der Waals surface area contributed by atoms with Gasteiger partial charge in [0.2, 0.25) is 0 Å². The van der Waals surface area contributed by atoms with Gasteiger partial charge >= 0.3 is 0 Å². The second-order valence-electron chi connectivity index (χ2n) is 4.68. The van der Waals surface area contributed by atoms with Crippen molar-refractivity contribution in [3.63, 3.8) is 0 Å². The standard InChI is InChI=1S/C14H21FN2O3/c1-9(7-19-3)17-14(18)8-20-11-4-5-12(10(2)16)13(15)6-11/h4-6,9-10H,7-8,16H2,1-3H3,(H,17,18)/t9?,10-/m1/s1. The normalized spacial score (nSPS) is 13.7. The smallest absolute Gasteiger partial charge is 0.258 e. The third-order valence-corrected chi connectivity index (χ3v) is 2.66. The van der Waals surface area contributed by atoms with E-state index in [4.69, 9.17) is 15.2 Å². The highest BCUT2D eigenvalue weighted by atomic mass is 19.1. The number of hydrogen-bond donors (Lipinski definition) is 2. The molecule has 0 aromatic heterocycles. The van der Waals surface area contributed by atoms with Crippen LogP contribution in [-0.2, 0) is 9.53 Å². The molecule has 0 bridgehead atoms. The molecule has 0 aliphatic rings. The predicted molar refractivity (Wildman–Crippen MR) is 74.0 cm³/mol. The zero-order valence-electron chi connectivity index (χ0n) is 12.0. The first kappa shape index (κ1) is 16.4. The van der Waals surface area contributed by atoms with Crippen LogP contribution >= 0.6 is 0 Å². The predicted octanol–water partition coefficient (Wildman–Crippen LogP) is 1.38. The van der Waals surface area contributed by atoms with Gasteiger partial charge in [-0.3, -0.25) is 4.79 Å². The van der Waals surface area contributed by atoms with Crippen LogP contribution in [0.25, 0.3) is 0 Å². The molecule has 3 N–H and O–H groups in total. The number of halogens is 1. The lowest BCUT2D eigenvalue weighted by Gasteiger charge is -2.14. The van der Waals surface area contributed by atoms with Gasteiger partial charge in [-0.05, 0) is 19.9 Å². The molecule has 1 aromatic rings. The van der Waals surface area contributed by atoms with Gasteiger partial charge in [-0.1, -0.05) is 6.07 Å². The fraction of sp³-hybridized carbons (Fsp3) is 0.500. The Balaban J connectivity index is 2.49. The molecule has 1 unspecified atom stereocenters. The average Bonchev–Trinajstić information content (AvgIpc) is 2.36. The Morgan fingerprint density at radius 3 is 2.70 bits per heavy atom. The van der Waals surface area contributed by atoms with Gasteiger partial charge in [0.05, 0.1) is 6.61 Å². The van der Waals surface area contributed by atoms with Gasteiger partial charge in [0.15, 0.2) is 6.61 Å². The average molecular weight is 284 g/mol. The number of carbonyl (C=O) groups excluding carboxylic acids is 1. The summed E-state index contributed by atoms with van der Waals surface area (Å²) in [6.45, 7) is 3.76. The topological polar surface area (TPSA) is 73.6 Å². The molecule has 1 aromatic carbocycles. The Hall–Kier alpha value is -1.66. The SMILES string of the molecule is COCC(C)NC(=O)COc1ccc([C@@H](C)N)c(F)c1. The van der Waals surface area contributed by atoms with E-state index in [1.54, 1.807) is 26.2 Å². The van der Waals surface area contributed by atoms with Crippen molar-refractivity contribution in [1.82, 2.24) is 5.32 Å². The van der Waals surface area contributed by atoms with Crippen LogP contribution < -0.4 is 15.8 Å². The van der Waals surface area contributed by atoms with Gasteiger partial charge in [0.25, 0.3) is 5.91 Å². The minimum absolute atomic E-state index is 0.103. The van der Waals surface area contributed by atoms with Crippen LogP contribution in [0.3, 0.4) is 0 Å². The first-order chi connectivity index (χ1) is 9.43. The van der Waals surface area contributed by atoms with Crippen molar-refractivity contribution in [1.29, 1.82) is 0 Å². The summed E-state index contributed by atoms with van der Waals surface area (Å²) >= 11 is 0. The Labute approximate surface area is 118 Å². The third-order valence-electron chi connectivity index (χ3n) is 2.66.